The zero-order valence-electron chi connectivity index (χ0n) is 12.1. The van der Waals surface area contributed by atoms with E-state index in [0.717, 1.165) is 24.4 Å². The van der Waals surface area contributed by atoms with Crippen LogP contribution in [0.25, 0.3) is 0 Å². The van der Waals surface area contributed by atoms with Crippen molar-refractivity contribution in [1.82, 2.24) is 0 Å². The number of rotatable bonds is 6. The highest BCUT2D eigenvalue weighted by atomic mass is 16.5. The summed E-state index contributed by atoms with van der Waals surface area (Å²) in [5.41, 5.74) is 10.3. The van der Waals surface area contributed by atoms with E-state index in [1.54, 1.807) is 0 Å². The largest absolute Gasteiger partial charge is 0.494 e. The summed E-state index contributed by atoms with van der Waals surface area (Å²) < 4.78 is 5.50. The van der Waals surface area contributed by atoms with Crippen LogP contribution in [0.5, 0.6) is 5.75 Å². The van der Waals surface area contributed by atoms with Crippen molar-refractivity contribution >= 4 is 11.4 Å². The lowest BCUT2D eigenvalue weighted by atomic mass is 10.1. The Labute approximate surface area is 120 Å². The second-order valence-electron chi connectivity index (χ2n) is 4.70. The van der Waals surface area contributed by atoms with E-state index in [1.165, 1.54) is 11.1 Å². The van der Waals surface area contributed by atoms with Crippen LogP contribution in [-0.4, -0.2) is 6.61 Å². The lowest BCUT2D eigenvalue weighted by Gasteiger charge is -2.12. The Hall–Kier alpha value is -2.16. The van der Waals surface area contributed by atoms with Crippen LogP contribution in [-0.2, 0) is 13.0 Å². The summed E-state index contributed by atoms with van der Waals surface area (Å²) >= 11 is 0. The Morgan fingerprint density at radius 2 is 1.80 bits per heavy atom. The summed E-state index contributed by atoms with van der Waals surface area (Å²) in [5.74, 6) is 0.804. The Bertz CT molecular complexity index is 567. The van der Waals surface area contributed by atoms with Gasteiger partial charge in [0.2, 0.25) is 0 Å². The van der Waals surface area contributed by atoms with E-state index in [1.807, 2.05) is 25.1 Å². The molecule has 0 aliphatic heterocycles. The molecule has 2 aromatic carbocycles. The van der Waals surface area contributed by atoms with Crippen LogP contribution in [0.1, 0.15) is 25.0 Å². The van der Waals surface area contributed by atoms with E-state index in [2.05, 4.69) is 36.5 Å². The Morgan fingerprint density at radius 3 is 2.50 bits per heavy atom. The fourth-order valence-corrected chi connectivity index (χ4v) is 2.25. The fraction of sp³-hybridized carbons (Fsp3) is 0.294. The Kier molecular flexibility index (Phi) is 4.88. The summed E-state index contributed by atoms with van der Waals surface area (Å²) in [6.07, 6.45) is 1.04. The van der Waals surface area contributed by atoms with Gasteiger partial charge in [0.15, 0.2) is 0 Å². The molecular formula is C17H22N2O. The molecule has 0 saturated carbocycles. The van der Waals surface area contributed by atoms with E-state index in [4.69, 9.17) is 10.5 Å². The van der Waals surface area contributed by atoms with Crippen molar-refractivity contribution < 1.29 is 4.74 Å². The zero-order valence-corrected chi connectivity index (χ0v) is 12.1. The third-order valence-electron chi connectivity index (χ3n) is 3.22. The van der Waals surface area contributed by atoms with Gasteiger partial charge in [-0.2, -0.15) is 0 Å². The molecule has 0 spiro atoms. The van der Waals surface area contributed by atoms with Crippen LogP contribution in [0.3, 0.4) is 0 Å². The summed E-state index contributed by atoms with van der Waals surface area (Å²) in [6.45, 7) is 5.57. The molecule has 0 bridgehead atoms. The molecule has 20 heavy (non-hydrogen) atoms. The zero-order chi connectivity index (χ0) is 14.4. The van der Waals surface area contributed by atoms with Crippen molar-refractivity contribution in [2.24, 2.45) is 0 Å². The molecule has 0 atom stereocenters. The molecule has 0 fully saturated rings. The Morgan fingerprint density at radius 1 is 1.05 bits per heavy atom. The van der Waals surface area contributed by atoms with Gasteiger partial charge < -0.3 is 15.8 Å². The number of benzene rings is 2. The van der Waals surface area contributed by atoms with E-state index in [9.17, 15) is 0 Å². The van der Waals surface area contributed by atoms with Crippen molar-refractivity contribution in [3.63, 3.8) is 0 Å². The minimum absolute atomic E-state index is 0.640. The molecule has 3 heteroatoms. The third-order valence-corrected chi connectivity index (χ3v) is 3.22. The van der Waals surface area contributed by atoms with Gasteiger partial charge in [-0.1, -0.05) is 31.2 Å². The average Bonchev–Trinajstić information content (AvgIpc) is 2.45. The molecule has 2 rings (SSSR count). The first-order valence-corrected chi connectivity index (χ1v) is 7.07. The second kappa shape index (κ2) is 6.85. The van der Waals surface area contributed by atoms with E-state index in [0.29, 0.717) is 12.3 Å². The summed E-state index contributed by atoms with van der Waals surface area (Å²) in [4.78, 5) is 0. The summed E-state index contributed by atoms with van der Waals surface area (Å²) in [5, 5.41) is 3.42. The van der Waals surface area contributed by atoms with Gasteiger partial charge in [0, 0.05) is 30.1 Å². The minimum Gasteiger partial charge on any atom is -0.494 e. The van der Waals surface area contributed by atoms with Crippen molar-refractivity contribution in [2.45, 2.75) is 26.8 Å². The van der Waals surface area contributed by atoms with Gasteiger partial charge in [-0.3, -0.25) is 0 Å². The second-order valence-corrected chi connectivity index (χ2v) is 4.70. The molecule has 0 amide bonds. The molecule has 2 aromatic rings. The van der Waals surface area contributed by atoms with Gasteiger partial charge in [-0.25, -0.2) is 0 Å². The number of hydrogen-bond donors (Lipinski definition) is 2. The summed E-state index contributed by atoms with van der Waals surface area (Å²) in [7, 11) is 0. The third kappa shape index (κ3) is 3.67. The lowest BCUT2D eigenvalue weighted by molar-refractivity contribution is 0.340. The smallest absolute Gasteiger partial charge is 0.123 e. The molecule has 3 nitrogen and oxygen atoms in total. The molecule has 0 heterocycles. The van der Waals surface area contributed by atoms with Crippen molar-refractivity contribution in [1.29, 1.82) is 0 Å². The maximum Gasteiger partial charge on any atom is 0.123 e. The van der Waals surface area contributed by atoms with Crippen LogP contribution >= 0.6 is 0 Å². The maximum absolute atomic E-state index is 5.89. The molecule has 0 aliphatic rings. The minimum atomic E-state index is 0.640. The number of nitrogens with two attached hydrogens (primary N) is 1. The monoisotopic (exact) mass is 270 g/mol. The van der Waals surface area contributed by atoms with Crippen molar-refractivity contribution in [2.75, 3.05) is 17.7 Å². The molecular weight excluding hydrogens is 248 g/mol. The van der Waals surface area contributed by atoms with E-state index < -0.39 is 0 Å². The number of aryl methyl sites for hydroxylation is 1. The molecule has 106 valence electrons. The molecule has 0 radical (unpaired) electrons. The van der Waals surface area contributed by atoms with Gasteiger partial charge in [0.1, 0.15) is 5.75 Å². The molecule has 3 N–H and O–H groups in total. The van der Waals surface area contributed by atoms with Crippen LogP contribution in [0, 0.1) is 0 Å². The number of nitrogen functional groups attached to an aromatic ring is 1. The first kappa shape index (κ1) is 14.3. The van der Waals surface area contributed by atoms with E-state index in [-0.39, 0.29) is 0 Å². The predicted molar refractivity (Wildman–Crippen MR) is 85.2 cm³/mol. The molecule has 0 unspecified atom stereocenters. The number of hydrogen-bond acceptors (Lipinski definition) is 3. The highest BCUT2D eigenvalue weighted by molar-refractivity contribution is 5.59. The van der Waals surface area contributed by atoms with Gasteiger partial charge in [0.05, 0.1) is 6.61 Å². The summed E-state index contributed by atoms with van der Waals surface area (Å²) in [6, 6.07) is 14.2. The number of nitrogens with one attached hydrogen (secondary N) is 1. The van der Waals surface area contributed by atoms with Crippen LogP contribution in [0.15, 0.2) is 42.5 Å². The normalized spacial score (nSPS) is 10.3. The number of anilines is 2. The standard InChI is InChI=1S/C17H22N2O/c1-3-13-7-5-6-8-14(13)12-19-16-9-15(18)10-17(11-16)20-4-2/h5-11,19H,3-4,12,18H2,1-2H3. The van der Waals surface area contributed by atoms with Crippen LogP contribution in [0.4, 0.5) is 11.4 Å². The SMILES string of the molecule is CCOc1cc(N)cc(NCc2ccccc2CC)c1. The first-order chi connectivity index (χ1) is 9.72. The first-order valence-electron chi connectivity index (χ1n) is 7.07. The maximum atomic E-state index is 5.89. The molecule has 0 aromatic heterocycles. The lowest BCUT2D eigenvalue weighted by Crippen LogP contribution is -2.03. The highest BCUT2D eigenvalue weighted by Crippen LogP contribution is 2.23. The van der Waals surface area contributed by atoms with E-state index >= 15 is 0 Å². The van der Waals surface area contributed by atoms with Gasteiger partial charge in [-0.15, -0.1) is 0 Å². The van der Waals surface area contributed by atoms with Gasteiger partial charge in [0.25, 0.3) is 0 Å². The predicted octanol–water partition coefficient (Wildman–Crippen LogP) is 3.84. The van der Waals surface area contributed by atoms with Gasteiger partial charge >= 0.3 is 0 Å². The van der Waals surface area contributed by atoms with Crippen molar-refractivity contribution in [3.05, 3.63) is 53.6 Å². The topological polar surface area (TPSA) is 47.3 Å². The van der Waals surface area contributed by atoms with Gasteiger partial charge in [-0.05, 0) is 30.5 Å². The quantitative estimate of drug-likeness (QED) is 0.784. The average molecular weight is 270 g/mol. The highest BCUT2D eigenvalue weighted by Gasteiger charge is 2.02. The number of ether oxygens (including phenoxy) is 1. The van der Waals surface area contributed by atoms with Crippen molar-refractivity contribution in [3.8, 4) is 5.75 Å². The van der Waals surface area contributed by atoms with Crippen LogP contribution < -0.4 is 15.8 Å². The Balaban J connectivity index is 2.10. The van der Waals surface area contributed by atoms with Crippen LogP contribution in [0.2, 0.25) is 0 Å². The fourth-order valence-electron chi connectivity index (χ4n) is 2.25. The molecule has 0 aliphatic carbocycles. The molecule has 0 saturated heterocycles.